The van der Waals surface area contributed by atoms with Crippen molar-refractivity contribution in [2.24, 2.45) is 0 Å². The molecule has 0 saturated carbocycles. The lowest BCUT2D eigenvalue weighted by atomic mass is 9.94. The van der Waals surface area contributed by atoms with Crippen molar-refractivity contribution in [1.82, 2.24) is 20.6 Å². The Morgan fingerprint density at radius 2 is 1.71 bits per heavy atom. The van der Waals surface area contributed by atoms with E-state index in [1.54, 1.807) is 0 Å². The third-order valence-electron chi connectivity index (χ3n) is 5.19. The molecule has 1 heterocycles. The number of aromatic amines is 1. The van der Waals surface area contributed by atoms with E-state index in [-0.39, 0.29) is 24.1 Å². The molecule has 34 heavy (non-hydrogen) atoms. The molecular weight excluding hydrogens is 435 g/mol. The maximum absolute atomic E-state index is 12.5. The van der Waals surface area contributed by atoms with Gasteiger partial charge in [0.2, 0.25) is 11.7 Å². The summed E-state index contributed by atoms with van der Waals surface area (Å²) in [5, 5.41) is 15.9. The van der Waals surface area contributed by atoms with Gasteiger partial charge < -0.3 is 20.7 Å². The molecule has 7 nitrogen and oxygen atoms in total. The highest BCUT2D eigenvalue weighted by molar-refractivity contribution is 5.72. The lowest BCUT2D eigenvalue weighted by Gasteiger charge is -2.17. The summed E-state index contributed by atoms with van der Waals surface area (Å²) in [6.07, 6.45) is 1.76. The Balaban J connectivity index is 1.68. The van der Waals surface area contributed by atoms with E-state index in [1.807, 2.05) is 48.5 Å². The van der Waals surface area contributed by atoms with Crippen molar-refractivity contribution >= 4 is 5.91 Å². The van der Waals surface area contributed by atoms with Gasteiger partial charge in [0.25, 0.3) is 5.56 Å². The zero-order valence-electron chi connectivity index (χ0n) is 18.9. The van der Waals surface area contributed by atoms with Crippen LogP contribution in [0.3, 0.4) is 0 Å². The number of aromatic nitrogens is 2. The number of carbonyl (C=O) groups excluding carboxylic acids is 1. The Morgan fingerprint density at radius 3 is 2.29 bits per heavy atom. The third-order valence-corrected chi connectivity index (χ3v) is 5.19. The van der Waals surface area contributed by atoms with Crippen molar-refractivity contribution in [3.05, 3.63) is 93.2 Å². The highest BCUT2D eigenvalue weighted by Gasteiger charge is 2.19. The van der Waals surface area contributed by atoms with Gasteiger partial charge in [-0.25, -0.2) is 9.37 Å². The number of nitrogens with one attached hydrogen (secondary N) is 3. The van der Waals surface area contributed by atoms with Crippen LogP contribution in [0.4, 0.5) is 4.39 Å². The maximum Gasteiger partial charge on any atom is 0.293 e. The lowest BCUT2D eigenvalue weighted by molar-refractivity contribution is -0.119. The summed E-state index contributed by atoms with van der Waals surface area (Å²) < 4.78 is 12.5. The minimum atomic E-state index is -0.603. The normalized spacial score (nSPS) is 11.4. The second kappa shape index (κ2) is 12.3. The first-order valence-electron chi connectivity index (χ1n) is 10.9. The Morgan fingerprint density at radius 1 is 1.09 bits per heavy atom. The van der Waals surface area contributed by atoms with Gasteiger partial charge >= 0.3 is 0 Å². The molecule has 1 amide bonds. The van der Waals surface area contributed by atoms with Crippen LogP contribution in [0.1, 0.15) is 40.8 Å². The second-order valence-electron chi connectivity index (χ2n) is 7.81. The second-order valence-corrected chi connectivity index (χ2v) is 7.81. The van der Waals surface area contributed by atoms with E-state index >= 15 is 0 Å². The van der Waals surface area contributed by atoms with Crippen LogP contribution < -0.4 is 16.2 Å². The third kappa shape index (κ3) is 7.29. The van der Waals surface area contributed by atoms with Crippen molar-refractivity contribution in [3.63, 3.8) is 0 Å². The van der Waals surface area contributed by atoms with Crippen LogP contribution in [0.25, 0.3) is 0 Å². The average Bonchev–Trinajstić information content (AvgIpc) is 2.84. The number of H-pyrrole nitrogens is 1. The standard InChI is InChI=1S/C26H27FN4O3/c1-18(32)29-15-22-10-6-20(7-11-22)3-2-19-4-8-21(9-5-19)14-23(16-28-13-12-27)24-25(33)26(34)31-17-30-24/h4-11,17,23,28,33H,12-16H2,1H3,(H,29,32)(H,30,31,34). The van der Waals surface area contributed by atoms with Crippen molar-refractivity contribution in [2.45, 2.75) is 25.8 Å². The summed E-state index contributed by atoms with van der Waals surface area (Å²) in [6, 6.07) is 15.4. The fraction of sp³-hybridized carbons (Fsp3) is 0.269. The van der Waals surface area contributed by atoms with Crippen LogP contribution in [-0.4, -0.2) is 40.7 Å². The fourth-order valence-electron chi connectivity index (χ4n) is 3.40. The van der Waals surface area contributed by atoms with Crippen LogP contribution in [-0.2, 0) is 17.8 Å². The number of hydrogen-bond acceptors (Lipinski definition) is 5. The molecular formula is C26H27FN4O3. The summed E-state index contributed by atoms with van der Waals surface area (Å²) in [5.41, 5.74) is 3.36. The van der Waals surface area contributed by atoms with Gasteiger partial charge in [0.15, 0.2) is 0 Å². The zero-order valence-corrected chi connectivity index (χ0v) is 18.9. The number of rotatable bonds is 9. The number of hydrogen-bond donors (Lipinski definition) is 4. The number of alkyl halides is 1. The van der Waals surface area contributed by atoms with Crippen molar-refractivity contribution in [3.8, 4) is 17.6 Å². The fourth-order valence-corrected chi connectivity index (χ4v) is 3.40. The minimum absolute atomic E-state index is 0.0693. The first-order valence-corrected chi connectivity index (χ1v) is 10.9. The van der Waals surface area contributed by atoms with E-state index in [9.17, 15) is 19.1 Å². The van der Waals surface area contributed by atoms with E-state index in [1.165, 1.54) is 13.3 Å². The van der Waals surface area contributed by atoms with Gasteiger partial charge in [-0.15, -0.1) is 0 Å². The molecule has 0 aliphatic heterocycles. The molecule has 3 rings (SSSR count). The first kappa shape index (κ1) is 24.7. The maximum atomic E-state index is 12.5. The van der Waals surface area contributed by atoms with Crippen LogP contribution in [0.5, 0.6) is 5.75 Å². The number of nitrogens with zero attached hydrogens (tertiary/aromatic N) is 1. The first-order chi connectivity index (χ1) is 16.5. The predicted molar refractivity (Wildman–Crippen MR) is 128 cm³/mol. The van der Waals surface area contributed by atoms with Crippen molar-refractivity contribution in [1.29, 1.82) is 0 Å². The van der Waals surface area contributed by atoms with Gasteiger partial charge in [-0.05, 0) is 41.8 Å². The van der Waals surface area contributed by atoms with E-state index in [4.69, 9.17) is 0 Å². The van der Waals surface area contributed by atoms with Gasteiger partial charge in [-0.2, -0.15) is 0 Å². The number of benzene rings is 2. The Kier molecular flexibility index (Phi) is 8.95. The topological polar surface area (TPSA) is 107 Å². The van der Waals surface area contributed by atoms with Gasteiger partial charge in [0.1, 0.15) is 6.67 Å². The molecule has 0 spiro atoms. The van der Waals surface area contributed by atoms with Gasteiger partial charge in [-0.1, -0.05) is 36.1 Å². The largest absolute Gasteiger partial charge is 0.502 e. The van der Waals surface area contributed by atoms with Crippen LogP contribution in [0.2, 0.25) is 0 Å². The van der Waals surface area contributed by atoms with Gasteiger partial charge in [-0.3, -0.25) is 9.59 Å². The van der Waals surface area contributed by atoms with Crippen LogP contribution in [0, 0.1) is 11.8 Å². The molecule has 4 N–H and O–H groups in total. The summed E-state index contributed by atoms with van der Waals surface area (Å²) in [6.45, 7) is 2.02. The number of carbonyl (C=O) groups is 1. The molecule has 0 radical (unpaired) electrons. The van der Waals surface area contributed by atoms with Crippen molar-refractivity contribution in [2.75, 3.05) is 19.8 Å². The van der Waals surface area contributed by atoms with Crippen molar-refractivity contribution < 1.29 is 14.3 Å². The van der Waals surface area contributed by atoms with Crippen LogP contribution in [0.15, 0.2) is 59.7 Å². The van der Waals surface area contributed by atoms with Gasteiger partial charge in [0, 0.05) is 43.6 Å². The molecule has 0 saturated heterocycles. The molecule has 176 valence electrons. The smallest absolute Gasteiger partial charge is 0.293 e. The van der Waals surface area contributed by atoms with E-state index < -0.39 is 18.0 Å². The average molecular weight is 463 g/mol. The highest BCUT2D eigenvalue weighted by atomic mass is 19.1. The molecule has 0 aliphatic rings. The Labute approximate surface area is 197 Å². The van der Waals surface area contributed by atoms with Crippen LogP contribution >= 0.6 is 0 Å². The molecule has 1 atom stereocenters. The van der Waals surface area contributed by atoms with Gasteiger partial charge in [0.05, 0.1) is 12.0 Å². The molecule has 8 heteroatoms. The highest BCUT2D eigenvalue weighted by Crippen LogP contribution is 2.23. The monoisotopic (exact) mass is 462 g/mol. The molecule has 1 unspecified atom stereocenters. The predicted octanol–water partition coefficient (Wildman–Crippen LogP) is 2.40. The number of halogens is 1. The number of amides is 1. The molecule has 3 aromatic rings. The Bertz CT molecular complexity index is 1210. The molecule has 0 aliphatic carbocycles. The van der Waals surface area contributed by atoms with E-state index in [0.29, 0.717) is 19.5 Å². The molecule has 1 aromatic heterocycles. The quantitative estimate of drug-likeness (QED) is 0.289. The van der Waals surface area contributed by atoms with E-state index in [0.717, 1.165) is 22.3 Å². The zero-order chi connectivity index (χ0) is 24.3. The van der Waals surface area contributed by atoms with E-state index in [2.05, 4.69) is 32.4 Å². The SMILES string of the molecule is CC(=O)NCc1ccc(C#Cc2ccc(CC(CNCCF)c3nc[nH]c(=O)c3O)cc2)cc1. The lowest BCUT2D eigenvalue weighted by Crippen LogP contribution is -2.26. The minimum Gasteiger partial charge on any atom is -0.502 e. The summed E-state index contributed by atoms with van der Waals surface area (Å²) in [7, 11) is 0. The summed E-state index contributed by atoms with van der Waals surface area (Å²) in [5.74, 6) is 5.46. The Hall–Kier alpha value is -3.96. The molecule has 2 aromatic carbocycles. The summed E-state index contributed by atoms with van der Waals surface area (Å²) >= 11 is 0. The summed E-state index contributed by atoms with van der Waals surface area (Å²) in [4.78, 5) is 29.3. The number of aromatic hydroxyl groups is 1. The molecule has 0 fully saturated rings. The molecule has 0 bridgehead atoms.